The molecule has 0 aromatic heterocycles. The fourth-order valence-corrected chi connectivity index (χ4v) is 1.97. The quantitative estimate of drug-likeness (QED) is 0.828. The lowest BCUT2D eigenvalue weighted by Gasteiger charge is -2.31. The molecule has 5 nitrogen and oxygen atoms in total. The summed E-state index contributed by atoms with van der Waals surface area (Å²) in [5.41, 5.74) is -2.65. The first-order valence-electron chi connectivity index (χ1n) is 6.78. The molecule has 0 saturated carbocycles. The lowest BCUT2D eigenvalue weighted by atomic mass is 9.85. The molecule has 1 rings (SSSR count). The van der Waals surface area contributed by atoms with Crippen LogP contribution in [0.2, 0.25) is 0 Å². The van der Waals surface area contributed by atoms with Crippen LogP contribution in [0, 0.1) is 12.8 Å². The molecule has 1 aromatic rings. The van der Waals surface area contributed by atoms with Gasteiger partial charge in [0, 0.05) is 0 Å². The molecule has 0 heterocycles. The second-order valence-corrected chi connectivity index (χ2v) is 5.03. The van der Waals surface area contributed by atoms with Gasteiger partial charge in [-0.1, -0.05) is 42.0 Å². The van der Waals surface area contributed by atoms with Gasteiger partial charge in [-0.3, -0.25) is 4.79 Å². The van der Waals surface area contributed by atoms with Crippen LogP contribution in [0.1, 0.15) is 11.1 Å². The number of alkyl halides is 3. The lowest BCUT2D eigenvalue weighted by Crippen LogP contribution is -2.59. The Kier molecular flexibility index (Phi) is 6.14. The zero-order valence-corrected chi connectivity index (χ0v) is 13.3. The zero-order valence-electron chi connectivity index (χ0n) is 13.3. The third kappa shape index (κ3) is 3.94. The summed E-state index contributed by atoms with van der Waals surface area (Å²) in [6.45, 7) is 1.82. The Bertz CT molecular complexity index is 622. The van der Waals surface area contributed by atoms with Crippen LogP contribution in [-0.2, 0) is 19.1 Å². The summed E-state index contributed by atoms with van der Waals surface area (Å²) in [6.07, 6.45) is -3.50. The van der Waals surface area contributed by atoms with Gasteiger partial charge < -0.3 is 14.6 Å². The van der Waals surface area contributed by atoms with Gasteiger partial charge in [-0.15, -0.1) is 0 Å². The van der Waals surface area contributed by atoms with Crippen molar-refractivity contribution in [3.8, 4) is 0 Å². The van der Waals surface area contributed by atoms with E-state index in [0.29, 0.717) is 12.7 Å². The number of esters is 2. The SMILES string of the molecule is COC(=O)[C@@H](/C=C/c1ccc(C)cc1)[C@](O)(C(=O)OC)C(F)(F)F. The topological polar surface area (TPSA) is 72.8 Å². The maximum absolute atomic E-state index is 13.3. The van der Waals surface area contributed by atoms with Gasteiger partial charge in [0.15, 0.2) is 0 Å². The minimum atomic E-state index is -5.45. The number of rotatable bonds is 5. The van der Waals surface area contributed by atoms with Gasteiger partial charge in [-0.2, -0.15) is 13.2 Å². The number of hydrogen-bond donors (Lipinski definition) is 1. The van der Waals surface area contributed by atoms with Gasteiger partial charge in [0.1, 0.15) is 5.92 Å². The smallest absolute Gasteiger partial charge is 0.429 e. The summed E-state index contributed by atoms with van der Waals surface area (Å²) >= 11 is 0. The molecule has 0 saturated heterocycles. The Morgan fingerprint density at radius 3 is 2.08 bits per heavy atom. The van der Waals surface area contributed by atoms with Gasteiger partial charge in [0.25, 0.3) is 5.60 Å². The number of aliphatic hydroxyl groups is 1. The molecular formula is C16H17F3O5. The van der Waals surface area contributed by atoms with E-state index in [1.165, 1.54) is 6.08 Å². The normalized spacial score (nSPS) is 15.6. The van der Waals surface area contributed by atoms with Crippen molar-refractivity contribution in [1.82, 2.24) is 0 Å². The molecule has 0 fully saturated rings. The molecule has 2 atom stereocenters. The Morgan fingerprint density at radius 1 is 1.12 bits per heavy atom. The van der Waals surface area contributed by atoms with Crippen LogP contribution in [-0.4, -0.2) is 43.0 Å². The van der Waals surface area contributed by atoms with Crippen molar-refractivity contribution in [2.45, 2.75) is 18.7 Å². The molecule has 1 aromatic carbocycles. The van der Waals surface area contributed by atoms with Crippen molar-refractivity contribution in [2.24, 2.45) is 5.92 Å². The minimum Gasteiger partial charge on any atom is -0.468 e. The van der Waals surface area contributed by atoms with Crippen LogP contribution in [0.3, 0.4) is 0 Å². The predicted molar refractivity (Wildman–Crippen MR) is 78.7 cm³/mol. The molecule has 0 bridgehead atoms. The summed E-state index contributed by atoms with van der Waals surface area (Å²) in [5.74, 6) is -5.75. The summed E-state index contributed by atoms with van der Waals surface area (Å²) < 4.78 is 48.2. The van der Waals surface area contributed by atoms with Crippen LogP contribution in [0.4, 0.5) is 13.2 Å². The largest absolute Gasteiger partial charge is 0.468 e. The van der Waals surface area contributed by atoms with Crippen molar-refractivity contribution in [1.29, 1.82) is 0 Å². The predicted octanol–water partition coefficient (Wildman–Crippen LogP) is 2.26. The number of benzene rings is 1. The Morgan fingerprint density at radius 2 is 1.67 bits per heavy atom. The van der Waals surface area contributed by atoms with Crippen molar-refractivity contribution in [2.75, 3.05) is 14.2 Å². The van der Waals surface area contributed by atoms with Crippen molar-refractivity contribution >= 4 is 18.0 Å². The van der Waals surface area contributed by atoms with Crippen LogP contribution in [0.25, 0.3) is 6.08 Å². The fraction of sp³-hybridized carbons (Fsp3) is 0.375. The highest BCUT2D eigenvalue weighted by Gasteiger charge is 2.67. The van der Waals surface area contributed by atoms with E-state index in [1.54, 1.807) is 24.3 Å². The van der Waals surface area contributed by atoms with E-state index in [2.05, 4.69) is 9.47 Å². The molecular weight excluding hydrogens is 329 g/mol. The number of ether oxygens (including phenoxy) is 2. The van der Waals surface area contributed by atoms with E-state index in [0.717, 1.165) is 18.7 Å². The average molecular weight is 346 g/mol. The lowest BCUT2D eigenvalue weighted by molar-refractivity contribution is -0.273. The van der Waals surface area contributed by atoms with Crippen LogP contribution in [0.15, 0.2) is 30.3 Å². The molecule has 0 aliphatic rings. The highest BCUT2D eigenvalue weighted by atomic mass is 19.4. The monoisotopic (exact) mass is 346 g/mol. The first kappa shape index (κ1) is 19.7. The van der Waals surface area contributed by atoms with Gasteiger partial charge in [0.2, 0.25) is 0 Å². The Labute approximate surface area is 136 Å². The molecule has 0 amide bonds. The first-order valence-corrected chi connectivity index (χ1v) is 6.78. The van der Waals surface area contributed by atoms with E-state index in [4.69, 9.17) is 0 Å². The summed E-state index contributed by atoms with van der Waals surface area (Å²) in [6, 6.07) is 6.63. The van der Waals surface area contributed by atoms with Crippen molar-refractivity contribution in [3.63, 3.8) is 0 Å². The third-order valence-corrected chi connectivity index (χ3v) is 3.39. The molecule has 0 aliphatic carbocycles. The second kappa shape index (κ2) is 7.48. The zero-order chi connectivity index (χ0) is 18.5. The molecule has 132 valence electrons. The number of carbonyl (C=O) groups excluding carboxylic acids is 2. The number of hydrogen-bond acceptors (Lipinski definition) is 5. The van der Waals surface area contributed by atoms with Crippen LogP contribution < -0.4 is 0 Å². The van der Waals surface area contributed by atoms with E-state index < -0.39 is 29.6 Å². The van der Waals surface area contributed by atoms with E-state index >= 15 is 0 Å². The van der Waals surface area contributed by atoms with Gasteiger partial charge >= 0.3 is 18.1 Å². The maximum atomic E-state index is 13.3. The van der Waals surface area contributed by atoms with Crippen molar-refractivity contribution < 1.29 is 37.3 Å². The molecule has 8 heteroatoms. The average Bonchev–Trinajstić information content (AvgIpc) is 2.54. The molecule has 0 aliphatic heterocycles. The highest BCUT2D eigenvalue weighted by Crippen LogP contribution is 2.39. The Balaban J connectivity index is 3.35. The third-order valence-electron chi connectivity index (χ3n) is 3.39. The summed E-state index contributed by atoms with van der Waals surface area (Å²) in [4.78, 5) is 23.3. The molecule has 0 unspecified atom stereocenters. The number of halogens is 3. The standard InChI is InChI=1S/C16H17F3O5/c1-10-4-6-11(7-5-10)8-9-12(13(20)23-2)15(22,14(21)24-3)16(17,18)19/h4-9,12,22H,1-3H3/b9-8+/t12-,15+/m1/s1. The van der Waals surface area contributed by atoms with Crippen LogP contribution >= 0.6 is 0 Å². The second-order valence-electron chi connectivity index (χ2n) is 5.03. The molecule has 1 N–H and O–H groups in total. The molecule has 0 radical (unpaired) electrons. The van der Waals surface area contributed by atoms with Gasteiger partial charge in [-0.25, -0.2) is 4.79 Å². The van der Waals surface area contributed by atoms with Crippen LogP contribution in [0.5, 0.6) is 0 Å². The fourth-order valence-electron chi connectivity index (χ4n) is 1.97. The van der Waals surface area contributed by atoms with Crippen molar-refractivity contribution in [3.05, 3.63) is 41.5 Å². The minimum absolute atomic E-state index is 0.476. The molecule has 0 spiro atoms. The van der Waals surface area contributed by atoms with E-state index in [1.807, 2.05) is 6.92 Å². The maximum Gasteiger partial charge on any atom is 0.429 e. The van der Waals surface area contributed by atoms with E-state index in [-0.39, 0.29) is 0 Å². The highest BCUT2D eigenvalue weighted by molar-refractivity contribution is 5.90. The first-order chi connectivity index (χ1) is 11.1. The Hall–Kier alpha value is -2.35. The number of methoxy groups -OCH3 is 2. The van der Waals surface area contributed by atoms with Gasteiger partial charge in [0.05, 0.1) is 14.2 Å². The number of carbonyl (C=O) groups is 2. The van der Waals surface area contributed by atoms with Gasteiger partial charge in [-0.05, 0) is 12.5 Å². The summed E-state index contributed by atoms with van der Waals surface area (Å²) in [5, 5.41) is 9.95. The summed E-state index contributed by atoms with van der Waals surface area (Å²) in [7, 11) is 1.53. The number of aryl methyl sites for hydroxylation is 1. The molecule has 24 heavy (non-hydrogen) atoms. The van der Waals surface area contributed by atoms with E-state index in [9.17, 15) is 27.9 Å².